The highest BCUT2D eigenvalue weighted by atomic mass is 15.3. The van der Waals surface area contributed by atoms with Gasteiger partial charge in [0.05, 0.1) is 5.52 Å². The third-order valence-corrected chi connectivity index (χ3v) is 3.05. The SMILES string of the molecule is CCC(C)CNc1nc(NN)nc2ccccc12. The molecule has 1 aromatic carbocycles. The predicted molar refractivity (Wildman–Crippen MR) is 75.3 cm³/mol. The number of hydrogen-bond donors (Lipinski definition) is 3. The van der Waals surface area contributed by atoms with Crippen LogP contribution in [0.25, 0.3) is 10.9 Å². The number of hydrogen-bond acceptors (Lipinski definition) is 5. The molecule has 0 amide bonds. The number of rotatable bonds is 5. The van der Waals surface area contributed by atoms with Gasteiger partial charge in [-0.2, -0.15) is 4.98 Å². The zero-order chi connectivity index (χ0) is 13.0. The van der Waals surface area contributed by atoms with Gasteiger partial charge < -0.3 is 5.32 Å². The molecule has 5 heteroatoms. The summed E-state index contributed by atoms with van der Waals surface area (Å²) in [5.74, 6) is 7.25. The topological polar surface area (TPSA) is 75.9 Å². The van der Waals surface area contributed by atoms with Gasteiger partial charge in [0.1, 0.15) is 5.82 Å². The lowest BCUT2D eigenvalue weighted by Gasteiger charge is -2.13. The van der Waals surface area contributed by atoms with E-state index >= 15 is 0 Å². The molecular weight excluding hydrogens is 226 g/mol. The fourth-order valence-electron chi connectivity index (χ4n) is 1.69. The van der Waals surface area contributed by atoms with Crippen LogP contribution in [0.5, 0.6) is 0 Å². The Bertz CT molecular complexity index is 526. The van der Waals surface area contributed by atoms with Crippen LogP contribution in [0.1, 0.15) is 20.3 Å². The third kappa shape index (κ3) is 2.68. The number of para-hydroxylation sites is 1. The highest BCUT2D eigenvalue weighted by Crippen LogP contribution is 2.21. The lowest BCUT2D eigenvalue weighted by molar-refractivity contribution is 0.593. The van der Waals surface area contributed by atoms with Crippen molar-refractivity contribution in [2.45, 2.75) is 20.3 Å². The van der Waals surface area contributed by atoms with Gasteiger partial charge in [-0.25, -0.2) is 10.8 Å². The summed E-state index contributed by atoms with van der Waals surface area (Å²) in [7, 11) is 0. The number of nitrogen functional groups attached to an aromatic ring is 1. The number of nitrogens with one attached hydrogen (secondary N) is 2. The van der Waals surface area contributed by atoms with Gasteiger partial charge >= 0.3 is 0 Å². The van der Waals surface area contributed by atoms with Crippen LogP contribution in [0.4, 0.5) is 11.8 Å². The first-order chi connectivity index (χ1) is 8.74. The first-order valence-corrected chi connectivity index (χ1v) is 6.21. The molecule has 0 aliphatic rings. The van der Waals surface area contributed by atoms with E-state index in [4.69, 9.17) is 5.84 Å². The molecule has 18 heavy (non-hydrogen) atoms. The van der Waals surface area contributed by atoms with Crippen molar-refractivity contribution in [2.24, 2.45) is 11.8 Å². The average Bonchev–Trinajstić information content (AvgIpc) is 2.43. The molecule has 5 nitrogen and oxygen atoms in total. The van der Waals surface area contributed by atoms with E-state index in [0.717, 1.165) is 29.7 Å². The lowest BCUT2D eigenvalue weighted by Crippen LogP contribution is -2.15. The zero-order valence-corrected chi connectivity index (χ0v) is 10.8. The van der Waals surface area contributed by atoms with E-state index < -0.39 is 0 Å². The van der Waals surface area contributed by atoms with E-state index in [1.54, 1.807) is 0 Å². The van der Waals surface area contributed by atoms with Crippen LogP contribution in [0.15, 0.2) is 24.3 Å². The second-order valence-corrected chi connectivity index (χ2v) is 4.45. The van der Waals surface area contributed by atoms with Crippen molar-refractivity contribution in [3.05, 3.63) is 24.3 Å². The molecule has 0 radical (unpaired) electrons. The van der Waals surface area contributed by atoms with E-state index in [9.17, 15) is 0 Å². The molecule has 4 N–H and O–H groups in total. The Morgan fingerprint density at radius 2 is 2.06 bits per heavy atom. The van der Waals surface area contributed by atoms with Crippen LogP contribution in [0.3, 0.4) is 0 Å². The Kier molecular flexibility index (Phi) is 3.94. The van der Waals surface area contributed by atoms with E-state index in [-0.39, 0.29) is 0 Å². The maximum absolute atomic E-state index is 5.39. The van der Waals surface area contributed by atoms with E-state index in [1.165, 1.54) is 0 Å². The minimum Gasteiger partial charge on any atom is -0.369 e. The first kappa shape index (κ1) is 12.6. The first-order valence-electron chi connectivity index (χ1n) is 6.21. The Labute approximate surface area is 107 Å². The van der Waals surface area contributed by atoms with Gasteiger partial charge in [0.2, 0.25) is 5.95 Å². The van der Waals surface area contributed by atoms with Gasteiger partial charge in [-0.15, -0.1) is 0 Å². The molecule has 1 aromatic heterocycles. The van der Waals surface area contributed by atoms with Gasteiger partial charge in [-0.3, -0.25) is 5.43 Å². The summed E-state index contributed by atoms with van der Waals surface area (Å²) in [5.41, 5.74) is 3.38. The van der Waals surface area contributed by atoms with Crippen molar-refractivity contribution in [2.75, 3.05) is 17.3 Å². The molecule has 2 aromatic rings. The largest absolute Gasteiger partial charge is 0.369 e. The fraction of sp³-hybridized carbons (Fsp3) is 0.385. The Hall–Kier alpha value is -1.88. The third-order valence-electron chi connectivity index (χ3n) is 3.05. The molecule has 0 saturated heterocycles. The monoisotopic (exact) mass is 245 g/mol. The molecule has 0 bridgehead atoms. The zero-order valence-electron chi connectivity index (χ0n) is 10.8. The summed E-state index contributed by atoms with van der Waals surface area (Å²) in [5, 5.41) is 4.38. The van der Waals surface area contributed by atoms with Crippen molar-refractivity contribution < 1.29 is 0 Å². The van der Waals surface area contributed by atoms with Crippen LogP contribution in [0.2, 0.25) is 0 Å². The standard InChI is InChI=1S/C13H19N5/c1-3-9(2)8-15-12-10-6-4-5-7-11(10)16-13(17-12)18-14/h4-7,9H,3,8,14H2,1-2H3,(H2,15,16,17,18). The Morgan fingerprint density at radius 3 is 2.78 bits per heavy atom. The van der Waals surface area contributed by atoms with Crippen LogP contribution in [-0.2, 0) is 0 Å². The molecule has 2 rings (SSSR count). The fourth-order valence-corrected chi connectivity index (χ4v) is 1.69. The average molecular weight is 245 g/mol. The molecule has 0 aliphatic heterocycles. The molecule has 96 valence electrons. The molecule has 0 aliphatic carbocycles. The minimum atomic E-state index is 0.431. The lowest BCUT2D eigenvalue weighted by atomic mass is 10.1. The quantitative estimate of drug-likeness (QED) is 0.557. The molecule has 1 unspecified atom stereocenters. The summed E-state index contributed by atoms with van der Waals surface area (Å²) in [4.78, 5) is 8.68. The van der Waals surface area contributed by atoms with Crippen molar-refractivity contribution in [1.29, 1.82) is 0 Å². The van der Waals surface area contributed by atoms with Crippen molar-refractivity contribution in [1.82, 2.24) is 9.97 Å². The molecular formula is C13H19N5. The predicted octanol–water partition coefficient (Wildman–Crippen LogP) is 2.37. The smallest absolute Gasteiger partial charge is 0.239 e. The second kappa shape index (κ2) is 5.64. The molecule has 0 fully saturated rings. The second-order valence-electron chi connectivity index (χ2n) is 4.45. The van der Waals surface area contributed by atoms with Crippen LogP contribution >= 0.6 is 0 Å². The maximum atomic E-state index is 5.39. The van der Waals surface area contributed by atoms with Gasteiger partial charge in [-0.1, -0.05) is 32.4 Å². The molecule has 1 atom stereocenters. The minimum absolute atomic E-state index is 0.431. The number of nitrogens with zero attached hydrogens (tertiary/aromatic N) is 2. The maximum Gasteiger partial charge on any atom is 0.239 e. The van der Waals surface area contributed by atoms with E-state index in [0.29, 0.717) is 11.9 Å². The van der Waals surface area contributed by atoms with Crippen molar-refractivity contribution >= 4 is 22.7 Å². The highest BCUT2D eigenvalue weighted by Gasteiger charge is 2.07. The highest BCUT2D eigenvalue weighted by molar-refractivity contribution is 5.89. The number of benzene rings is 1. The summed E-state index contributed by atoms with van der Waals surface area (Å²) in [6, 6.07) is 7.89. The number of aromatic nitrogens is 2. The normalized spacial score (nSPS) is 12.4. The Morgan fingerprint density at radius 1 is 1.28 bits per heavy atom. The number of nitrogens with two attached hydrogens (primary N) is 1. The summed E-state index contributed by atoms with van der Waals surface area (Å²) in [6.07, 6.45) is 1.14. The van der Waals surface area contributed by atoms with E-state index in [1.807, 2.05) is 24.3 Å². The number of anilines is 2. The Balaban J connectivity index is 2.34. The van der Waals surface area contributed by atoms with Crippen LogP contribution in [0, 0.1) is 5.92 Å². The van der Waals surface area contributed by atoms with Gasteiger partial charge in [0.25, 0.3) is 0 Å². The van der Waals surface area contributed by atoms with Crippen molar-refractivity contribution in [3.8, 4) is 0 Å². The molecule has 0 saturated carbocycles. The molecule has 0 spiro atoms. The van der Waals surface area contributed by atoms with Crippen molar-refractivity contribution in [3.63, 3.8) is 0 Å². The summed E-state index contributed by atoms with van der Waals surface area (Å²) >= 11 is 0. The van der Waals surface area contributed by atoms with Crippen LogP contribution < -0.4 is 16.6 Å². The van der Waals surface area contributed by atoms with Crippen LogP contribution in [-0.4, -0.2) is 16.5 Å². The number of fused-ring (bicyclic) bond motifs is 1. The van der Waals surface area contributed by atoms with Gasteiger partial charge in [0.15, 0.2) is 0 Å². The number of hydrazine groups is 1. The van der Waals surface area contributed by atoms with Gasteiger partial charge in [-0.05, 0) is 18.1 Å². The summed E-state index contributed by atoms with van der Waals surface area (Å²) in [6.45, 7) is 5.28. The molecule has 1 heterocycles. The van der Waals surface area contributed by atoms with E-state index in [2.05, 4.69) is 34.6 Å². The van der Waals surface area contributed by atoms with Gasteiger partial charge in [0, 0.05) is 11.9 Å². The summed E-state index contributed by atoms with van der Waals surface area (Å²) < 4.78 is 0.